The van der Waals surface area contributed by atoms with E-state index in [9.17, 15) is 9.59 Å². The summed E-state index contributed by atoms with van der Waals surface area (Å²) >= 11 is 5.91. The second kappa shape index (κ2) is 6.08. The molecule has 1 N–H and O–H groups in total. The topological polar surface area (TPSA) is 57.6 Å². The van der Waals surface area contributed by atoms with Crippen LogP contribution < -0.4 is 4.90 Å². The van der Waals surface area contributed by atoms with E-state index >= 15 is 0 Å². The number of piperidine rings is 1. The first-order valence-corrected chi connectivity index (χ1v) is 6.65. The van der Waals surface area contributed by atoms with Gasteiger partial charge in [0.15, 0.2) is 0 Å². The summed E-state index contributed by atoms with van der Waals surface area (Å²) < 4.78 is 0. The van der Waals surface area contributed by atoms with Gasteiger partial charge in [0.1, 0.15) is 6.61 Å². The smallest absolute Gasteiger partial charge is 0.234 e. The molecule has 0 saturated carbocycles. The van der Waals surface area contributed by atoms with Gasteiger partial charge in [-0.15, -0.1) is 0 Å². The van der Waals surface area contributed by atoms with E-state index in [2.05, 4.69) is 11.8 Å². The molecule has 0 unspecified atom stereocenters. The van der Waals surface area contributed by atoms with Gasteiger partial charge in [-0.3, -0.25) is 9.59 Å². The predicted molar refractivity (Wildman–Crippen MR) is 76.3 cm³/mol. The van der Waals surface area contributed by atoms with E-state index < -0.39 is 0 Å². The van der Waals surface area contributed by atoms with Crippen LogP contribution in [0.3, 0.4) is 0 Å². The van der Waals surface area contributed by atoms with Crippen molar-refractivity contribution in [3.8, 4) is 11.8 Å². The van der Waals surface area contributed by atoms with Gasteiger partial charge in [0.25, 0.3) is 0 Å². The molecule has 1 aliphatic heterocycles. The van der Waals surface area contributed by atoms with Crippen molar-refractivity contribution in [3.05, 3.63) is 28.8 Å². The molecule has 0 bridgehead atoms. The fraction of sp³-hybridized carbons (Fsp3) is 0.333. The van der Waals surface area contributed by atoms with E-state index in [-0.39, 0.29) is 24.3 Å². The molecule has 4 nitrogen and oxygen atoms in total. The molecule has 1 heterocycles. The lowest BCUT2D eigenvalue weighted by Gasteiger charge is -2.29. The zero-order valence-electron chi connectivity index (χ0n) is 11.0. The number of carbonyl (C=O) groups is 2. The molecule has 20 heavy (non-hydrogen) atoms. The number of rotatable bonds is 1. The Bertz CT molecular complexity index is 597. The Morgan fingerprint density at radius 2 is 2.00 bits per heavy atom. The van der Waals surface area contributed by atoms with E-state index in [1.54, 1.807) is 18.2 Å². The van der Waals surface area contributed by atoms with Crippen molar-refractivity contribution in [2.24, 2.45) is 5.92 Å². The van der Waals surface area contributed by atoms with Crippen LogP contribution >= 0.6 is 11.6 Å². The lowest BCUT2D eigenvalue weighted by molar-refractivity contribution is -0.130. The SMILES string of the molecule is CC1CC(=O)N(c2ccc(Cl)cc2C#CCO)C(=O)C1. The minimum absolute atomic E-state index is 0.0607. The number of imide groups is 1. The van der Waals surface area contributed by atoms with Crippen molar-refractivity contribution in [3.63, 3.8) is 0 Å². The standard InChI is InChI=1S/C15H14ClNO3/c1-10-7-14(19)17(15(20)8-10)13-5-4-12(16)9-11(13)3-2-6-18/h4-5,9-10,18H,6-8H2,1H3. The van der Waals surface area contributed by atoms with Crippen LogP contribution in [0.4, 0.5) is 5.69 Å². The first-order chi connectivity index (χ1) is 9.52. The van der Waals surface area contributed by atoms with Crippen molar-refractivity contribution in [2.45, 2.75) is 19.8 Å². The number of aliphatic hydroxyl groups is 1. The number of nitrogens with zero attached hydrogens (tertiary/aromatic N) is 1. The van der Waals surface area contributed by atoms with E-state index in [0.29, 0.717) is 29.1 Å². The van der Waals surface area contributed by atoms with E-state index in [4.69, 9.17) is 16.7 Å². The highest BCUT2D eigenvalue weighted by Gasteiger charge is 2.32. The summed E-state index contributed by atoms with van der Waals surface area (Å²) in [6, 6.07) is 4.80. The molecule has 5 heteroatoms. The summed E-state index contributed by atoms with van der Waals surface area (Å²) in [6.45, 7) is 1.58. The second-order valence-electron chi connectivity index (χ2n) is 4.76. The number of benzene rings is 1. The van der Waals surface area contributed by atoms with Gasteiger partial charge < -0.3 is 5.11 Å². The Hall–Kier alpha value is -1.83. The molecule has 2 amide bonds. The van der Waals surface area contributed by atoms with Crippen LogP contribution in [-0.4, -0.2) is 23.5 Å². The Morgan fingerprint density at radius 1 is 1.35 bits per heavy atom. The van der Waals surface area contributed by atoms with Crippen LogP contribution in [0.5, 0.6) is 0 Å². The predicted octanol–water partition coefficient (Wildman–Crippen LogP) is 1.97. The molecule has 1 aliphatic rings. The summed E-state index contributed by atoms with van der Waals surface area (Å²) in [5.74, 6) is 4.82. The number of aliphatic hydroxyl groups excluding tert-OH is 1. The Balaban J connectivity index is 2.46. The summed E-state index contributed by atoms with van der Waals surface area (Å²) in [4.78, 5) is 25.4. The van der Waals surface area contributed by atoms with Crippen molar-refractivity contribution in [2.75, 3.05) is 11.5 Å². The first-order valence-electron chi connectivity index (χ1n) is 6.28. The molecule has 104 valence electrons. The van der Waals surface area contributed by atoms with Gasteiger partial charge in [-0.2, -0.15) is 0 Å². The molecular weight excluding hydrogens is 278 g/mol. The van der Waals surface area contributed by atoms with Gasteiger partial charge in [0.2, 0.25) is 11.8 Å². The number of anilines is 1. The fourth-order valence-corrected chi connectivity index (χ4v) is 2.37. The number of hydrogen-bond donors (Lipinski definition) is 1. The van der Waals surface area contributed by atoms with Gasteiger partial charge in [0, 0.05) is 17.9 Å². The molecule has 1 saturated heterocycles. The maximum atomic E-state index is 12.1. The monoisotopic (exact) mass is 291 g/mol. The zero-order valence-corrected chi connectivity index (χ0v) is 11.8. The second-order valence-corrected chi connectivity index (χ2v) is 5.19. The fourth-order valence-electron chi connectivity index (χ4n) is 2.20. The third kappa shape index (κ3) is 3.01. The lowest BCUT2D eigenvalue weighted by Crippen LogP contribution is -2.43. The highest BCUT2D eigenvalue weighted by Crippen LogP contribution is 2.29. The molecule has 1 aromatic carbocycles. The molecule has 0 aromatic heterocycles. The minimum atomic E-state index is -0.301. The van der Waals surface area contributed by atoms with Crippen LogP contribution in [0.1, 0.15) is 25.3 Å². The van der Waals surface area contributed by atoms with Gasteiger partial charge in [-0.05, 0) is 24.1 Å². The van der Waals surface area contributed by atoms with E-state index in [0.717, 1.165) is 4.90 Å². The molecule has 0 radical (unpaired) electrons. The highest BCUT2D eigenvalue weighted by molar-refractivity contribution is 6.31. The minimum Gasteiger partial charge on any atom is -0.384 e. The lowest BCUT2D eigenvalue weighted by atomic mass is 9.96. The quantitative estimate of drug-likeness (QED) is 0.636. The summed E-state index contributed by atoms with van der Waals surface area (Å²) in [7, 11) is 0. The van der Waals surface area contributed by atoms with Crippen molar-refractivity contribution < 1.29 is 14.7 Å². The van der Waals surface area contributed by atoms with E-state index in [1.807, 2.05) is 6.92 Å². The largest absolute Gasteiger partial charge is 0.384 e. The normalized spacial score (nSPS) is 16.1. The van der Waals surface area contributed by atoms with Crippen LogP contribution in [0.25, 0.3) is 0 Å². The number of carbonyl (C=O) groups excluding carboxylic acids is 2. The maximum Gasteiger partial charge on any atom is 0.234 e. The first kappa shape index (κ1) is 14.6. The molecule has 0 atom stereocenters. The average Bonchev–Trinajstić information content (AvgIpc) is 2.37. The molecule has 2 rings (SSSR count). The van der Waals surface area contributed by atoms with Crippen molar-refractivity contribution >= 4 is 29.1 Å². The molecule has 0 aliphatic carbocycles. The van der Waals surface area contributed by atoms with Gasteiger partial charge >= 0.3 is 0 Å². The number of hydrogen-bond acceptors (Lipinski definition) is 3. The zero-order chi connectivity index (χ0) is 14.7. The maximum absolute atomic E-state index is 12.1. The van der Waals surface area contributed by atoms with Crippen LogP contribution in [0.15, 0.2) is 18.2 Å². The van der Waals surface area contributed by atoms with Gasteiger partial charge in [0.05, 0.1) is 11.3 Å². The van der Waals surface area contributed by atoms with E-state index in [1.165, 1.54) is 0 Å². The highest BCUT2D eigenvalue weighted by atomic mass is 35.5. The Kier molecular flexibility index (Phi) is 4.43. The summed E-state index contributed by atoms with van der Waals surface area (Å²) in [6.07, 6.45) is 0.669. The van der Waals surface area contributed by atoms with Crippen LogP contribution in [0.2, 0.25) is 5.02 Å². The molecule has 1 fully saturated rings. The Labute approximate surface area is 122 Å². The third-order valence-electron chi connectivity index (χ3n) is 3.05. The van der Waals surface area contributed by atoms with Crippen molar-refractivity contribution in [1.29, 1.82) is 0 Å². The molecule has 1 aromatic rings. The molecule has 0 spiro atoms. The van der Waals surface area contributed by atoms with Crippen molar-refractivity contribution in [1.82, 2.24) is 0 Å². The third-order valence-corrected chi connectivity index (χ3v) is 3.28. The van der Waals surface area contributed by atoms with Crippen LogP contribution in [-0.2, 0) is 9.59 Å². The number of halogens is 1. The molecular formula is C15H14ClNO3. The summed E-state index contributed by atoms with van der Waals surface area (Å²) in [5.41, 5.74) is 0.889. The summed E-state index contributed by atoms with van der Waals surface area (Å²) in [5, 5.41) is 9.24. The van der Waals surface area contributed by atoms with Crippen LogP contribution in [0, 0.1) is 17.8 Å². The average molecular weight is 292 g/mol. The Morgan fingerprint density at radius 3 is 2.60 bits per heavy atom. The van der Waals surface area contributed by atoms with Gasteiger partial charge in [-0.25, -0.2) is 4.90 Å². The number of amides is 2. The van der Waals surface area contributed by atoms with Gasteiger partial charge in [-0.1, -0.05) is 30.4 Å².